The SMILES string of the molecule is CC(C)(C)c1ccc(N=C(c2ccc([N+](=O)[O-])cc2)c2ccc([N+](=O)[O-])cc2)cc1. The zero-order valence-electron chi connectivity index (χ0n) is 16.9. The van der Waals surface area contributed by atoms with Gasteiger partial charge in [0.2, 0.25) is 0 Å². The third kappa shape index (κ3) is 4.75. The topological polar surface area (TPSA) is 98.6 Å². The highest BCUT2D eigenvalue weighted by Gasteiger charge is 2.15. The predicted molar refractivity (Wildman–Crippen MR) is 117 cm³/mol. The first kappa shape index (κ1) is 20.9. The van der Waals surface area contributed by atoms with Crippen molar-refractivity contribution in [1.82, 2.24) is 0 Å². The van der Waals surface area contributed by atoms with Crippen molar-refractivity contribution in [2.75, 3.05) is 0 Å². The van der Waals surface area contributed by atoms with Crippen LogP contribution >= 0.6 is 0 Å². The molecule has 0 bridgehead atoms. The maximum atomic E-state index is 11.0. The number of non-ortho nitro benzene ring substituents is 2. The van der Waals surface area contributed by atoms with E-state index in [0.29, 0.717) is 16.8 Å². The molecule has 0 aromatic heterocycles. The molecule has 0 heterocycles. The first-order valence-electron chi connectivity index (χ1n) is 9.34. The summed E-state index contributed by atoms with van der Waals surface area (Å²) >= 11 is 0. The minimum absolute atomic E-state index is 0.0157. The van der Waals surface area contributed by atoms with E-state index < -0.39 is 9.85 Å². The van der Waals surface area contributed by atoms with Crippen LogP contribution < -0.4 is 0 Å². The van der Waals surface area contributed by atoms with Gasteiger partial charge >= 0.3 is 0 Å². The van der Waals surface area contributed by atoms with Gasteiger partial charge in [-0.15, -0.1) is 0 Å². The summed E-state index contributed by atoms with van der Waals surface area (Å²) in [7, 11) is 0. The molecular formula is C23H21N3O4. The molecule has 3 rings (SSSR count). The summed E-state index contributed by atoms with van der Waals surface area (Å²) in [5, 5.41) is 21.9. The van der Waals surface area contributed by atoms with Crippen molar-refractivity contribution in [3.63, 3.8) is 0 Å². The van der Waals surface area contributed by atoms with Crippen LogP contribution in [-0.4, -0.2) is 15.6 Å². The van der Waals surface area contributed by atoms with Crippen LogP contribution in [0.1, 0.15) is 37.5 Å². The Hall–Kier alpha value is -3.87. The summed E-state index contributed by atoms with van der Waals surface area (Å²) in [6.07, 6.45) is 0. The molecule has 0 aliphatic carbocycles. The van der Waals surface area contributed by atoms with Crippen LogP contribution in [-0.2, 0) is 5.41 Å². The third-order valence-electron chi connectivity index (χ3n) is 4.68. The van der Waals surface area contributed by atoms with Crippen molar-refractivity contribution < 1.29 is 9.85 Å². The molecule has 30 heavy (non-hydrogen) atoms. The number of nitro groups is 2. The van der Waals surface area contributed by atoms with Crippen molar-refractivity contribution in [2.24, 2.45) is 4.99 Å². The monoisotopic (exact) mass is 403 g/mol. The number of benzene rings is 3. The highest BCUT2D eigenvalue weighted by Crippen LogP contribution is 2.26. The van der Waals surface area contributed by atoms with Crippen molar-refractivity contribution >= 4 is 22.8 Å². The Morgan fingerprint density at radius 3 is 1.43 bits per heavy atom. The van der Waals surface area contributed by atoms with Crippen molar-refractivity contribution in [2.45, 2.75) is 26.2 Å². The molecule has 0 aliphatic heterocycles. The number of hydrogen-bond donors (Lipinski definition) is 0. The van der Waals surface area contributed by atoms with Gasteiger partial charge in [0, 0.05) is 35.4 Å². The second kappa shape index (κ2) is 8.24. The molecule has 3 aromatic carbocycles. The van der Waals surface area contributed by atoms with Crippen LogP contribution in [0.2, 0.25) is 0 Å². The highest BCUT2D eigenvalue weighted by molar-refractivity contribution is 6.14. The molecule has 0 spiro atoms. The van der Waals surface area contributed by atoms with E-state index in [0.717, 1.165) is 5.69 Å². The lowest BCUT2D eigenvalue weighted by Crippen LogP contribution is -2.10. The Morgan fingerprint density at radius 2 is 1.10 bits per heavy atom. The Morgan fingerprint density at radius 1 is 0.700 bits per heavy atom. The van der Waals surface area contributed by atoms with Crippen LogP contribution in [0.4, 0.5) is 17.1 Å². The molecule has 7 nitrogen and oxygen atoms in total. The molecular weight excluding hydrogens is 382 g/mol. The minimum atomic E-state index is -0.461. The quantitative estimate of drug-likeness (QED) is 0.298. The van der Waals surface area contributed by atoms with Gasteiger partial charge in [0.1, 0.15) is 0 Å². The molecule has 0 aliphatic rings. The maximum absolute atomic E-state index is 11.0. The van der Waals surface area contributed by atoms with Crippen LogP contribution in [0.25, 0.3) is 0 Å². The Balaban J connectivity index is 2.07. The van der Waals surface area contributed by atoms with Crippen LogP contribution in [0, 0.1) is 20.2 Å². The summed E-state index contributed by atoms with van der Waals surface area (Å²) in [6.45, 7) is 6.39. The maximum Gasteiger partial charge on any atom is 0.269 e. The molecule has 0 atom stereocenters. The van der Waals surface area contributed by atoms with Gasteiger partial charge in [0.05, 0.1) is 21.2 Å². The normalized spacial score (nSPS) is 11.0. The van der Waals surface area contributed by atoms with Gasteiger partial charge in [0.15, 0.2) is 0 Å². The minimum Gasteiger partial charge on any atom is -0.258 e. The van der Waals surface area contributed by atoms with Crippen LogP contribution in [0.3, 0.4) is 0 Å². The van der Waals surface area contributed by atoms with E-state index in [-0.39, 0.29) is 16.8 Å². The Bertz CT molecular complexity index is 1040. The fraction of sp³-hybridized carbons (Fsp3) is 0.174. The predicted octanol–water partition coefficient (Wildman–Crippen LogP) is 5.97. The van der Waals surface area contributed by atoms with Crippen LogP contribution in [0.5, 0.6) is 0 Å². The second-order valence-corrected chi connectivity index (χ2v) is 7.87. The molecule has 7 heteroatoms. The smallest absolute Gasteiger partial charge is 0.258 e. The molecule has 0 unspecified atom stereocenters. The summed E-state index contributed by atoms with van der Waals surface area (Å²) in [5.74, 6) is 0. The van der Waals surface area contributed by atoms with E-state index in [1.165, 1.54) is 29.8 Å². The summed E-state index contributed by atoms with van der Waals surface area (Å²) in [5.41, 5.74) is 3.80. The molecule has 0 saturated carbocycles. The van der Waals surface area contributed by atoms with E-state index in [1.54, 1.807) is 24.3 Å². The third-order valence-corrected chi connectivity index (χ3v) is 4.68. The number of nitrogens with zero attached hydrogens (tertiary/aromatic N) is 3. The number of aliphatic imine (C=N–C) groups is 1. The van der Waals surface area contributed by atoms with E-state index in [9.17, 15) is 20.2 Å². The van der Waals surface area contributed by atoms with Crippen molar-refractivity contribution in [1.29, 1.82) is 0 Å². The number of hydrogen-bond acceptors (Lipinski definition) is 5. The lowest BCUT2D eigenvalue weighted by Gasteiger charge is -2.18. The van der Waals surface area contributed by atoms with Gasteiger partial charge in [-0.2, -0.15) is 0 Å². The van der Waals surface area contributed by atoms with Gasteiger partial charge in [-0.1, -0.05) is 32.9 Å². The van der Waals surface area contributed by atoms with Gasteiger partial charge < -0.3 is 0 Å². The van der Waals surface area contributed by atoms with Gasteiger partial charge in [-0.25, -0.2) is 4.99 Å². The average molecular weight is 403 g/mol. The zero-order chi connectivity index (χ0) is 21.9. The summed E-state index contributed by atoms with van der Waals surface area (Å²) < 4.78 is 0. The molecule has 152 valence electrons. The Labute approximate surface area is 174 Å². The summed E-state index contributed by atoms with van der Waals surface area (Å²) in [4.78, 5) is 25.8. The number of nitro benzene ring substituents is 2. The average Bonchev–Trinajstić information content (AvgIpc) is 2.72. The van der Waals surface area contributed by atoms with Crippen molar-refractivity contribution in [3.05, 3.63) is 110 Å². The first-order chi connectivity index (χ1) is 14.1. The van der Waals surface area contributed by atoms with E-state index in [2.05, 4.69) is 20.8 Å². The lowest BCUT2D eigenvalue weighted by atomic mass is 9.87. The van der Waals surface area contributed by atoms with E-state index in [1.807, 2.05) is 24.3 Å². The molecule has 0 saturated heterocycles. The molecule has 0 amide bonds. The van der Waals surface area contributed by atoms with Gasteiger partial charge in [-0.05, 0) is 47.4 Å². The first-order valence-corrected chi connectivity index (χ1v) is 9.34. The van der Waals surface area contributed by atoms with E-state index in [4.69, 9.17) is 4.99 Å². The molecule has 0 radical (unpaired) electrons. The zero-order valence-corrected chi connectivity index (χ0v) is 16.9. The van der Waals surface area contributed by atoms with Crippen molar-refractivity contribution in [3.8, 4) is 0 Å². The van der Waals surface area contributed by atoms with Gasteiger partial charge in [0.25, 0.3) is 11.4 Å². The van der Waals surface area contributed by atoms with Gasteiger partial charge in [-0.3, -0.25) is 20.2 Å². The lowest BCUT2D eigenvalue weighted by molar-refractivity contribution is -0.385. The standard InChI is InChI=1S/C23H21N3O4/c1-23(2,3)18-8-10-19(11-9-18)24-22(16-4-12-20(13-5-16)25(27)28)17-6-14-21(15-7-17)26(29)30/h4-15H,1-3H3. The summed E-state index contributed by atoms with van der Waals surface area (Å²) in [6, 6.07) is 20.0. The molecule has 3 aromatic rings. The fourth-order valence-electron chi connectivity index (χ4n) is 2.94. The molecule has 0 N–H and O–H groups in total. The fourth-order valence-corrected chi connectivity index (χ4v) is 2.94. The molecule has 0 fully saturated rings. The largest absolute Gasteiger partial charge is 0.269 e. The second-order valence-electron chi connectivity index (χ2n) is 7.87. The van der Waals surface area contributed by atoms with Crippen LogP contribution in [0.15, 0.2) is 77.8 Å². The highest BCUT2D eigenvalue weighted by atomic mass is 16.6. The van der Waals surface area contributed by atoms with E-state index >= 15 is 0 Å². The Kier molecular flexibility index (Phi) is 5.73. The number of rotatable bonds is 5.